The quantitative estimate of drug-likeness (QED) is 0.598. The second-order valence-electron chi connectivity index (χ2n) is 4.75. The molecule has 21 heavy (non-hydrogen) atoms. The Labute approximate surface area is 140 Å². The Hall–Kier alpha value is -0.0800. The lowest BCUT2D eigenvalue weighted by Gasteiger charge is -2.10. The van der Waals surface area contributed by atoms with Crippen molar-refractivity contribution < 1.29 is 8.42 Å². The molecule has 0 amide bonds. The summed E-state index contributed by atoms with van der Waals surface area (Å²) in [4.78, 5) is 0.298. The lowest BCUT2D eigenvalue weighted by molar-refractivity contribution is 0.575. The first-order valence-electron chi connectivity index (χ1n) is 6.93. The van der Waals surface area contributed by atoms with Crippen LogP contribution < -0.4 is 10.0 Å². The third kappa shape index (κ3) is 6.69. The lowest BCUT2D eigenvalue weighted by atomic mass is 10.2. The fourth-order valence-electron chi connectivity index (χ4n) is 1.91. The fraction of sp³-hybridized carbons (Fsp3) is 0.571. The summed E-state index contributed by atoms with van der Waals surface area (Å²) >= 11 is 5.17. The summed E-state index contributed by atoms with van der Waals surface area (Å²) < 4.78 is 27.8. The molecule has 0 heterocycles. The van der Waals surface area contributed by atoms with Crippen LogP contribution in [0.5, 0.6) is 0 Å². The van der Waals surface area contributed by atoms with Gasteiger partial charge in [-0.2, -0.15) is 11.8 Å². The topological polar surface area (TPSA) is 58.2 Å². The number of nitrogens with one attached hydrogen (secondary N) is 2. The van der Waals surface area contributed by atoms with Crippen molar-refractivity contribution >= 4 is 37.7 Å². The van der Waals surface area contributed by atoms with Crippen LogP contribution in [0.3, 0.4) is 0 Å². The van der Waals surface area contributed by atoms with Crippen molar-refractivity contribution in [1.82, 2.24) is 10.0 Å². The van der Waals surface area contributed by atoms with E-state index in [2.05, 4.69) is 32.2 Å². The number of thioether (sulfide) groups is 1. The standard InChI is InChI=1S/C14H23BrN2O2S2/c1-16-11-12-6-7-14(13(15)10-12)21(18,19)17-8-4-3-5-9-20-2/h6-7,10,16-17H,3-5,8-9,11H2,1-2H3. The van der Waals surface area contributed by atoms with Crippen LogP contribution in [0.2, 0.25) is 0 Å². The second kappa shape index (κ2) is 9.84. The molecule has 0 spiro atoms. The first-order chi connectivity index (χ1) is 10.0. The van der Waals surface area contributed by atoms with Gasteiger partial charge in [0, 0.05) is 17.6 Å². The van der Waals surface area contributed by atoms with Crippen molar-refractivity contribution in [1.29, 1.82) is 0 Å². The SMILES string of the molecule is CNCc1ccc(S(=O)(=O)NCCCCCSC)c(Br)c1. The van der Waals surface area contributed by atoms with Gasteiger partial charge in [-0.15, -0.1) is 0 Å². The van der Waals surface area contributed by atoms with Crippen molar-refractivity contribution in [2.75, 3.05) is 25.6 Å². The highest BCUT2D eigenvalue weighted by atomic mass is 79.9. The average molecular weight is 395 g/mol. The van der Waals surface area contributed by atoms with E-state index in [-0.39, 0.29) is 0 Å². The van der Waals surface area contributed by atoms with Crippen molar-refractivity contribution in [2.45, 2.75) is 30.7 Å². The van der Waals surface area contributed by atoms with Crippen LogP contribution in [0.25, 0.3) is 0 Å². The van der Waals surface area contributed by atoms with Gasteiger partial charge in [0.15, 0.2) is 0 Å². The molecule has 0 fully saturated rings. The van der Waals surface area contributed by atoms with E-state index in [1.165, 1.54) is 0 Å². The number of halogens is 1. The van der Waals surface area contributed by atoms with E-state index in [4.69, 9.17) is 0 Å². The summed E-state index contributed by atoms with van der Waals surface area (Å²) in [7, 11) is -1.58. The Bertz CT molecular complexity index is 536. The molecule has 2 N–H and O–H groups in total. The van der Waals surface area contributed by atoms with Gasteiger partial charge in [0.05, 0.1) is 4.90 Å². The molecule has 4 nitrogen and oxygen atoms in total. The number of benzene rings is 1. The van der Waals surface area contributed by atoms with Crippen molar-refractivity contribution in [3.8, 4) is 0 Å². The fourth-order valence-corrected chi connectivity index (χ4v) is 4.60. The molecule has 0 aliphatic heterocycles. The van der Waals surface area contributed by atoms with E-state index in [9.17, 15) is 8.42 Å². The van der Waals surface area contributed by atoms with Crippen LogP contribution in [0, 0.1) is 0 Å². The molecule has 0 aliphatic rings. The Balaban J connectivity index is 2.57. The van der Waals surface area contributed by atoms with Gasteiger partial charge in [-0.05, 0) is 65.5 Å². The maximum absolute atomic E-state index is 12.3. The van der Waals surface area contributed by atoms with Gasteiger partial charge in [-0.3, -0.25) is 0 Å². The van der Waals surface area contributed by atoms with Gasteiger partial charge in [0.25, 0.3) is 0 Å². The highest BCUT2D eigenvalue weighted by molar-refractivity contribution is 9.10. The van der Waals surface area contributed by atoms with Gasteiger partial charge in [0.2, 0.25) is 10.0 Å². The summed E-state index contributed by atoms with van der Waals surface area (Å²) in [5, 5.41) is 3.04. The summed E-state index contributed by atoms with van der Waals surface area (Å²) in [5.41, 5.74) is 1.04. The number of hydrogen-bond donors (Lipinski definition) is 2. The smallest absolute Gasteiger partial charge is 0.241 e. The number of sulfonamides is 1. The van der Waals surface area contributed by atoms with Crippen LogP contribution in [0.15, 0.2) is 27.6 Å². The van der Waals surface area contributed by atoms with Crippen molar-refractivity contribution in [3.05, 3.63) is 28.2 Å². The predicted molar refractivity (Wildman–Crippen MR) is 94.3 cm³/mol. The van der Waals surface area contributed by atoms with Crippen molar-refractivity contribution in [3.63, 3.8) is 0 Å². The number of hydrogen-bond acceptors (Lipinski definition) is 4. The molecule has 0 unspecified atom stereocenters. The molecule has 7 heteroatoms. The molecular weight excluding hydrogens is 372 g/mol. The molecule has 0 radical (unpaired) electrons. The normalized spacial score (nSPS) is 11.8. The Morgan fingerprint density at radius 2 is 2.00 bits per heavy atom. The third-order valence-corrected chi connectivity index (χ3v) is 6.12. The first kappa shape index (κ1) is 19.0. The minimum Gasteiger partial charge on any atom is -0.316 e. The molecule has 1 aromatic carbocycles. The van der Waals surface area contributed by atoms with Crippen LogP contribution in [0.4, 0.5) is 0 Å². The maximum atomic E-state index is 12.3. The Morgan fingerprint density at radius 3 is 2.62 bits per heavy atom. The van der Waals surface area contributed by atoms with Gasteiger partial charge in [-0.25, -0.2) is 13.1 Å². The zero-order valence-electron chi connectivity index (χ0n) is 12.5. The molecule has 1 rings (SSSR count). The van der Waals surface area contributed by atoms with Crippen LogP contribution in [-0.2, 0) is 16.6 Å². The second-order valence-corrected chi connectivity index (χ2v) is 8.32. The first-order valence-corrected chi connectivity index (χ1v) is 10.6. The van der Waals surface area contributed by atoms with Crippen LogP contribution in [-0.4, -0.2) is 34.0 Å². The molecule has 0 atom stereocenters. The van der Waals surface area contributed by atoms with Crippen LogP contribution >= 0.6 is 27.7 Å². The van der Waals surface area contributed by atoms with E-state index < -0.39 is 10.0 Å². The number of unbranched alkanes of at least 4 members (excludes halogenated alkanes) is 2. The monoisotopic (exact) mass is 394 g/mol. The highest BCUT2D eigenvalue weighted by Crippen LogP contribution is 2.23. The molecule has 0 aliphatic carbocycles. The minimum absolute atomic E-state index is 0.298. The van der Waals surface area contributed by atoms with Gasteiger partial charge >= 0.3 is 0 Å². The number of rotatable bonds is 10. The largest absolute Gasteiger partial charge is 0.316 e. The van der Waals surface area contributed by atoms with Gasteiger partial charge in [-0.1, -0.05) is 12.5 Å². The molecule has 0 saturated heterocycles. The summed E-state index contributed by atoms with van der Waals surface area (Å²) in [6.07, 6.45) is 5.13. The minimum atomic E-state index is -3.44. The third-order valence-electron chi connectivity index (χ3n) is 2.98. The van der Waals surface area contributed by atoms with Crippen LogP contribution in [0.1, 0.15) is 24.8 Å². The zero-order valence-corrected chi connectivity index (χ0v) is 15.7. The molecular formula is C14H23BrN2O2S2. The van der Waals surface area contributed by atoms with Crippen molar-refractivity contribution in [2.24, 2.45) is 0 Å². The summed E-state index contributed by atoms with van der Waals surface area (Å²) in [6, 6.07) is 5.31. The Kier molecular flexibility index (Phi) is 8.89. The highest BCUT2D eigenvalue weighted by Gasteiger charge is 2.17. The van der Waals surface area contributed by atoms with E-state index in [1.54, 1.807) is 6.07 Å². The zero-order chi connectivity index (χ0) is 15.7. The Morgan fingerprint density at radius 1 is 1.24 bits per heavy atom. The van der Waals surface area contributed by atoms with E-state index in [0.29, 0.717) is 22.5 Å². The van der Waals surface area contributed by atoms with Gasteiger partial charge < -0.3 is 5.32 Å². The summed E-state index contributed by atoms with van der Waals surface area (Å²) in [6.45, 7) is 1.20. The molecule has 0 bridgehead atoms. The maximum Gasteiger partial charge on any atom is 0.241 e. The molecule has 120 valence electrons. The molecule has 1 aromatic rings. The van der Waals surface area contributed by atoms with Gasteiger partial charge in [0.1, 0.15) is 0 Å². The predicted octanol–water partition coefficient (Wildman–Crippen LogP) is 2.98. The average Bonchev–Trinajstić information content (AvgIpc) is 2.43. The summed E-state index contributed by atoms with van der Waals surface area (Å²) in [5.74, 6) is 1.13. The van der Waals surface area contributed by atoms with E-state index >= 15 is 0 Å². The van der Waals surface area contributed by atoms with E-state index in [0.717, 1.165) is 30.6 Å². The molecule has 0 saturated carbocycles. The molecule has 0 aromatic heterocycles. The van der Waals surface area contributed by atoms with E-state index in [1.807, 2.05) is 30.9 Å². The lowest BCUT2D eigenvalue weighted by Crippen LogP contribution is -2.25.